The Balaban J connectivity index is 1.45. The number of rotatable bonds is 5. The fourth-order valence-corrected chi connectivity index (χ4v) is 4.28. The molecule has 0 unspecified atom stereocenters. The van der Waals surface area contributed by atoms with E-state index in [0.29, 0.717) is 43.7 Å². The maximum Gasteiger partial charge on any atom is 0.259 e. The van der Waals surface area contributed by atoms with Crippen molar-refractivity contribution in [3.63, 3.8) is 0 Å². The van der Waals surface area contributed by atoms with Gasteiger partial charge in [-0.05, 0) is 56.5 Å². The molecular formula is C27H27F2N3O2. The molecule has 1 aromatic heterocycles. The summed E-state index contributed by atoms with van der Waals surface area (Å²) in [4.78, 5) is 31.8. The second-order valence-corrected chi connectivity index (χ2v) is 8.72. The molecule has 1 aliphatic rings. The van der Waals surface area contributed by atoms with E-state index in [1.165, 1.54) is 11.0 Å². The summed E-state index contributed by atoms with van der Waals surface area (Å²) >= 11 is 0. The SMILES string of the molecule is Cc1ccc(CNC(=O)c2ccc(C)nc2C2CCN(C(=O)c3c(F)cccc3F)CC2)cc1. The number of piperidine rings is 1. The van der Waals surface area contributed by atoms with Gasteiger partial charge in [0.2, 0.25) is 0 Å². The van der Waals surface area contributed by atoms with Crippen molar-refractivity contribution in [1.82, 2.24) is 15.2 Å². The van der Waals surface area contributed by atoms with Crippen LogP contribution in [0, 0.1) is 25.5 Å². The van der Waals surface area contributed by atoms with Gasteiger partial charge < -0.3 is 10.2 Å². The first-order valence-electron chi connectivity index (χ1n) is 11.4. The minimum Gasteiger partial charge on any atom is -0.348 e. The van der Waals surface area contributed by atoms with Crippen LogP contribution < -0.4 is 5.32 Å². The molecule has 1 N–H and O–H groups in total. The van der Waals surface area contributed by atoms with E-state index in [-0.39, 0.29) is 11.8 Å². The number of hydrogen-bond donors (Lipinski definition) is 1. The van der Waals surface area contributed by atoms with Crippen molar-refractivity contribution in [3.8, 4) is 0 Å². The molecule has 1 fully saturated rings. The highest BCUT2D eigenvalue weighted by Gasteiger charge is 2.30. The molecule has 4 rings (SSSR count). The van der Waals surface area contributed by atoms with E-state index in [1.54, 1.807) is 6.07 Å². The first kappa shape index (κ1) is 23.5. The van der Waals surface area contributed by atoms with Crippen LogP contribution in [0.25, 0.3) is 0 Å². The number of benzene rings is 2. The predicted octanol–water partition coefficient (Wildman–Crippen LogP) is 4.93. The standard InChI is InChI=1S/C27H27F2N3O2/c1-17-6-9-19(10-7-17)16-30-26(33)21-11-8-18(2)31-25(21)20-12-14-32(15-13-20)27(34)24-22(28)4-3-5-23(24)29/h3-11,20H,12-16H2,1-2H3,(H,30,33). The van der Waals surface area contributed by atoms with Crippen LogP contribution in [0.1, 0.15) is 62.0 Å². The molecule has 0 atom stereocenters. The normalized spacial score (nSPS) is 14.2. The van der Waals surface area contributed by atoms with Crippen molar-refractivity contribution in [2.24, 2.45) is 0 Å². The quantitative estimate of drug-likeness (QED) is 0.584. The number of aryl methyl sites for hydroxylation is 2. The van der Waals surface area contributed by atoms with Gasteiger partial charge in [-0.15, -0.1) is 0 Å². The van der Waals surface area contributed by atoms with E-state index in [9.17, 15) is 18.4 Å². The Morgan fingerprint density at radius 3 is 2.26 bits per heavy atom. The van der Waals surface area contributed by atoms with E-state index in [1.807, 2.05) is 44.2 Å². The smallest absolute Gasteiger partial charge is 0.259 e. The van der Waals surface area contributed by atoms with Gasteiger partial charge in [0.05, 0.1) is 11.3 Å². The van der Waals surface area contributed by atoms with Crippen LogP contribution in [-0.4, -0.2) is 34.8 Å². The van der Waals surface area contributed by atoms with Crippen molar-refractivity contribution in [3.05, 3.63) is 99.9 Å². The second-order valence-electron chi connectivity index (χ2n) is 8.72. The first-order valence-corrected chi connectivity index (χ1v) is 11.4. The van der Waals surface area contributed by atoms with Crippen molar-refractivity contribution < 1.29 is 18.4 Å². The van der Waals surface area contributed by atoms with Gasteiger partial charge in [0.1, 0.15) is 17.2 Å². The molecule has 0 saturated carbocycles. The van der Waals surface area contributed by atoms with Gasteiger partial charge in [-0.1, -0.05) is 35.9 Å². The molecule has 0 aliphatic carbocycles. The highest BCUT2D eigenvalue weighted by molar-refractivity contribution is 5.96. The van der Waals surface area contributed by atoms with Gasteiger partial charge in [0.25, 0.3) is 11.8 Å². The third kappa shape index (κ3) is 5.14. The average Bonchev–Trinajstić information content (AvgIpc) is 2.83. The maximum atomic E-state index is 14.1. The van der Waals surface area contributed by atoms with Gasteiger partial charge in [-0.2, -0.15) is 0 Å². The van der Waals surface area contributed by atoms with Gasteiger partial charge in [-0.25, -0.2) is 8.78 Å². The molecular weight excluding hydrogens is 436 g/mol. The summed E-state index contributed by atoms with van der Waals surface area (Å²) in [7, 11) is 0. The number of halogens is 2. The Labute approximate surface area is 197 Å². The van der Waals surface area contributed by atoms with Crippen molar-refractivity contribution in [2.45, 2.75) is 39.2 Å². The van der Waals surface area contributed by atoms with E-state index in [0.717, 1.165) is 29.0 Å². The zero-order chi connectivity index (χ0) is 24.2. The molecule has 3 aromatic rings. The molecule has 0 radical (unpaired) electrons. The highest BCUT2D eigenvalue weighted by atomic mass is 19.1. The van der Waals surface area contributed by atoms with E-state index in [4.69, 9.17) is 0 Å². The Bertz CT molecular complexity index is 1180. The molecule has 0 spiro atoms. The minimum absolute atomic E-state index is 0.0328. The molecule has 2 amide bonds. The number of nitrogens with zero attached hydrogens (tertiary/aromatic N) is 2. The van der Waals surface area contributed by atoms with Crippen LogP contribution in [0.5, 0.6) is 0 Å². The summed E-state index contributed by atoms with van der Waals surface area (Å²) in [6.45, 7) is 4.96. The average molecular weight is 464 g/mol. The molecule has 0 bridgehead atoms. The number of carbonyl (C=O) groups is 2. The Hall–Kier alpha value is -3.61. The summed E-state index contributed by atoms with van der Waals surface area (Å²) in [5, 5.41) is 2.97. The lowest BCUT2D eigenvalue weighted by Gasteiger charge is -2.32. The van der Waals surface area contributed by atoms with E-state index in [2.05, 4.69) is 10.3 Å². The van der Waals surface area contributed by atoms with Crippen LogP contribution in [-0.2, 0) is 6.54 Å². The third-order valence-corrected chi connectivity index (χ3v) is 6.23. The fraction of sp³-hybridized carbons (Fsp3) is 0.296. The molecule has 5 nitrogen and oxygen atoms in total. The number of likely N-dealkylation sites (tertiary alicyclic amines) is 1. The van der Waals surface area contributed by atoms with E-state index >= 15 is 0 Å². The Kier molecular flexibility index (Phi) is 7.01. The lowest BCUT2D eigenvalue weighted by atomic mass is 9.89. The lowest BCUT2D eigenvalue weighted by Crippen LogP contribution is -2.39. The number of hydrogen-bond acceptors (Lipinski definition) is 3. The number of nitrogens with one attached hydrogen (secondary N) is 1. The summed E-state index contributed by atoms with van der Waals surface area (Å²) in [6, 6.07) is 15.0. The first-order chi connectivity index (χ1) is 16.3. The van der Waals surface area contributed by atoms with Crippen LogP contribution in [0.2, 0.25) is 0 Å². The number of carbonyl (C=O) groups excluding carboxylic acids is 2. The Morgan fingerprint density at radius 1 is 0.971 bits per heavy atom. The van der Waals surface area contributed by atoms with Gasteiger partial charge >= 0.3 is 0 Å². The predicted molar refractivity (Wildman–Crippen MR) is 126 cm³/mol. The summed E-state index contributed by atoms with van der Waals surface area (Å²) in [5.41, 5.74) is 3.66. The minimum atomic E-state index is -0.861. The topological polar surface area (TPSA) is 62.3 Å². The largest absolute Gasteiger partial charge is 0.348 e. The summed E-state index contributed by atoms with van der Waals surface area (Å²) in [5.74, 6) is -2.60. The highest BCUT2D eigenvalue weighted by Crippen LogP contribution is 2.30. The number of aromatic nitrogens is 1. The molecule has 34 heavy (non-hydrogen) atoms. The summed E-state index contributed by atoms with van der Waals surface area (Å²) < 4.78 is 28.1. The van der Waals surface area contributed by atoms with Gasteiger partial charge in [0.15, 0.2) is 0 Å². The van der Waals surface area contributed by atoms with E-state index < -0.39 is 23.1 Å². The zero-order valence-electron chi connectivity index (χ0n) is 19.3. The third-order valence-electron chi connectivity index (χ3n) is 6.23. The van der Waals surface area contributed by atoms with Crippen LogP contribution >= 0.6 is 0 Å². The van der Waals surface area contributed by atoms with Crippen LogP contribution in [0.3, 0.4) is 0 Å². The molecule has 176 valence electrons. The van der Waals surface area contributed by atoms with Crippen molar-refractivity contribution in [2.75, 3.05) is 13.1 Å². The zero-order valence-corrected chi connectivity index (χ0v) is 19.3. The molecule has 1 saturated heterocycles. The van der Waals surface area contributed by atoms with Crippen molar-refractivity contribution in [1.29, 1.82) is 0 Å². The Morgan fingerprint density at radius 2 is 1.62 bits per heavy atom. The maximum absolute atomic E-state index is 14.1. The van der Waals surface area contributed by atoms with Gasteiger partial charge in [-0.3, -0.25) is 14.6 Å². The van der Waals surface area contributed by atoms with Crippen LogP contribution in [0.15, 0.2) is 54.6 Å². The van der Waals surface area contributed by atoms with Crippen LogP contribution in [0.4, 0.5) is 8.78 Å². The van der Waals surface area contributed by atoms with Gasteiger partial charge in [0, 0.05) is 31.2 Å². The second kappa shape index (κ2) is 10.1. The molecule has 7 heteroatoms. The molecule has 1 aliphatic heterocycles. The number of pyridine rings is 1. The monoisotopic (exact) mass is 463 g/mol. The summed E-state index contributed by atoms with van der Waals surface area (Å²) in [6.07, 6.45) is 1.10. The molecule has 2 aromatic carbocycles. The molecule has 2 heterocycles. The van der Waals surface area contributed by atoms with Crippen molar-refractivity contribution >= 4 is 11.8 Å². The lowest BCUT2D eigenvalue weighted by molar-refractivity contribution is 0.0700. The number of amides is 2. The fourth-order valence-electron chi connectivity index (χ4n) is 4.28.